The van der Waals surface area contributed by atoms with Crippen molar-refractivity contribution in [2.24, 2.45) is 0 Å². The van der Waals surface area contributed by atoms with Crippen LogP contribution in [0.4, 0.5) is 13.2 Å². The van der Waals surface area contributed by atoms with Crippen LogP contribution in [0, 0.1) is 6.92 Å². The van der Waals surface area contributed by atoms with E-state index in [1.807, 2.05) is 0 Å². The summed E-state index contributed by atoms with van der Waals surface area (Å²) < 4.78 is 43.7. The van der Waals surface area contributed by atoms with Crippen LogP contribution >= 0.6 is 15.9 Å². The minimum absolute atomic E-state index is 0.121. The molecule has 0 saturated heterocycles. The second kappa shape index (κ2) is 5.84. The summed E-state index contributed by atoms with van der Waals surface area (Å²) in [6, 6.07) is 3.32. The summed E-state index contributed by atoms with van der Waals surface area (Å²) in [5.41, 5.74) is -1.48. The molecule has 0 atom stereocenters. The molecule has 1 heterocycles. The molecular formula is C12H9BrF3N3O2. The van der Waals surface area contributed by atoms with Crippen molar-refractivity contribution in [3.8, 4) is 0 Å². The molecule has 21 heavy (non-hydrogen) atoms. The predicted octanol–water partition coefficient (Wildman–Crippen LogP) is 3.09. The molecule has 1 aromatic carbocycles. The lowest BCUT2D eigenvalue weighted by molar-refractivity contribution is -0.138. The van der Waals surface area contributed by atoms with Gasteiger partial charge in [0.05, 0.1) is 17.7 Å². The van der Waals surface area contributed by atoms with E-state index in [2.05, 4.69) is 31.4 Å². The van der Waals surface area contributed by atoms with Crippen LogP contribution in [0.5, 0.6) is 0 Å². The maximum atomic E-state index is 12.9. The summed E-state index contributed by atoms with van der Waals surface area (Å²) in [6.07, 6.45) is -4.63. The molecule has 9 heteroatoms. The fraction of sp³-hybridized carbons (Fsp3) is 0.250. The lowest BCUT2D eigenvalue weighted by Crippen LogP contribution is -2.26. The molecule has 1 aromatic heterocycles. The monoisotopic (exact) mass is 363 g/mol. The van der Waals surface area contributed by atoms with Crippen LogP contribution in [0.15, 0.2) is 27.2 Å². The third kappa shape index (κ3) is 3.81. The standard InChI is InChI=1S/C12H9BrF3N3O2/c1-6-18-10(19-21-6)5-17-11(20)8-3-2-7(13)4-9(8)12(14,15)16/h2-4H,5H2,1H3,(H,17,20). The number of nitrogens with zero attached hydrogens (tertiary/aromatic N) is 2. The number of alkyl halides is 3. The topological polar surface area (TPSA) is 68.0 Å². The number of aromatic nitrogens is 2. The normalized spacial score (nSPS) is 11.5. The third-order valence-electron chi connectivity index (χ3n) is 2.51. The molecule has 0 radical (unpaired) electrons. The first-order valence-corrected chi connectivity index (χ1v) is 6.51. The van der Waals surface area contributed by atoms with Gasteiger partial charge in [0.15, 0.2) is 5.82 Å². The Hall–Kier alpha value is -1.90. The number of hydrogen-bond donors (Lipinski definition) is 1. The van der Waals surface area contributed by atoms with Gasteiger partial charge in [-0.05, 0) is 18.2 Å². The summed E-state index contributed by atoms with van der Waals surface area (Å²) in [5, 5.41) is 5.86. The van der Waals surface area contributed by atoms with Gasteiger partial charge in [-0.15, -0.1) is 0 Å². The molecule has 0 bridgehead atoms. The van der Waals surface area contributed by atoms with Gasteiger partial charge < -0.3 is 9.84 Å². The second-order valence-electron chi connectivity index (χ2n) is 4.10. The SMILES string of the molecule is Cc1nc(CNC(=O)c2ccc(Br)cc2C(F)(F)F)no1. The average molecular weight is 364 g/mol. The number of carbonyl (C=O) groups excluding carboxylic acids is 1. The molecule has 0 aliphatic carbocycles. The summed E-state index contributed by atoms with van der Waals surface area (Å²) in [5.74, 6) is -0.373. The maximum Gasteiger partial charge on any atom is 0.417 e. The minimum atomic E-state index is -4.63. The molecule has 1 amide bonds. The largest absolute Gasteiger partial charge is 0.417 e. The van der Waals surface area contributed by atoms with Crippen LogP contribution in [-0.4, -0.2) is 16.0 Å². The van der Waals surface area contributed by atoms with Crippen molar-refractivity contribution in [2.45, 2.75) is 19.6 Å². The fourth-order valence-electron chi connectivity index (χ4n) is 1.62. The second-order valence-corrected chi connectivity index (χ2v) is 5.02. The lowest BCUT2D eigenvalue weighted by Gasteiger charge is -2.12. The Morgan fingerprint density at radius 1 is 1.43 bits per heavy atom. The summed E-state index contributed by atoms with van der Waals surface area (Å²) in [4.78, 5) is 15.7. The molecule has 112 valence electrons. The van der Waals surface area contributed by atoms with Gasteiger partial charge in [0.1, 0.15) is 0 Å². The Bertz CT molecular complexity index is 670. The van der Waals surface area contributed by atoms with Crippen LogP contribution in [-0.2, 0) is 12.7 Å². The number of nitrogens with one attached hydrogen (secondary N) is 1. The van der Waals surface area contributed by atoms with E-state index in [-0.39, 0.29) is 16.8 Å². The zero-order valence-corrected chi connectivity index (χ0v) is 12.2. The van der Waals surface area contributed by atoms with Crippen LogP contribution in [0.25, 0.3) is 0 Å². The number of rotatable bonds is 3. The van der Waals surface area contributed by atoms with Crippen molar-refractivity contribution >= 4 is 21.8 Å². The van der Waals surface area contributed by atoms with Crippen LogP contribution < -0.4 is 5.32 Å². The minimum Gasteiger partial charge on any atom is -0.345 e. The molecule has 0 saturated carbocycles. The number of benzene rings is 1. The fourth-order valence-corrected chi connectivity index (χ4v) is 1.98. The van der Waals surface area contributed by atoms with E-state index in [9.17, 15) is 18.0 Å². The molecule has 0 unspecified atom stereocenters. The quantitative estimate of drug-likeness (QED) is 0.909. The summed E-state index contributed by atoms with van der Waals surface area (Å²) in [6.45, 7) is 1.44. The first kappa shape index (κ1) is 15.5. The van der Waals surface area contributed by atoms with Gasteiger partial charge in [-0.25, -0.2) is 0 Å². The van der Waals surface area contributed by atoms with Gasteiger partial charge in [0, 0.05) is 11.4 Å². The highest BCUT2D eigenvalue weighted by atomic mass is 79.9. The number of carbonyl (C=O) groups is 1. The van der Waals surface area contributed by atoms with Gasteiger partial charge in [-0.3, -0.25) is 4.79 Å². The highest BCUT2D eigenvalue weighted by Crippen LogP contribution is 2.33. The molecule has 0 spiro atoms. The smallest absolute Gasteiger partial charge is 0.345 e. The molecule has 2 aromatic rings. The van der Waals surface area contributed by atoms with Crippen LogP contribution in [0.1, 0.15) is 27.6 Å². The lowest BCUT2D eigenvalue weighted by atomic mass is 10.1. The molecule has 2 rings (SSSR count). The van der Waals surface area contributed by atoms with E-state index in [4.69, 9.17) is 4.52 Å². The highest BCUT2D eigenvalue weighted by molar-refractivity contribution is 9.10. The third-order valence-corrected chi connectivity index (χ3v) is 3.00. The van der Waals surface area contributed by atoms with Crippen molar-refractivity contribution in [2.75, 3.05) is 0 Å². The zero-order chi connectivity index (χ0) is 15.6. The van der Waals surface area contributed by atoms with Crippen molar-refractivity contribution in [1.82, 2.24) is 15.5 Å². The average Bonchev–Trinajstić information content (AvgIpc) is 2.81. The molecule has 5 nitrogen and oxygen atoms in total. The Labute approximate surface area is 125 Å². The van der Waals surface area contributed by atoms with Crippen molar-refractivity contribution in [3.63, 3.8) is 0 Å². The summed E-state index contributed by atoms with van der Waals surface area (Å²) in [7, 11) is 0. The summed E-state index contributed by atoms with van der Waals surface area (Å²) >= 11 is 2.95. The molecular weight excluding hydrogens is 355 g/mol. The van der Waals surface area contributed by atoms with Crippen molar-refractivity contribution < 1.29 is 22.5 Å². The van der Waals surface area contributed by atoms with Crippen LogP contribution in [0.2, 0.25) is 0 Å². The molecule has 0 fully saturated rings. The Kier molecular flexibility index (Phi) is 4.31. The van der Waals surface area contributed by atoms with E-state index >= 15 is 0 Å². The maximum absolute atomic E-state index is 12.9. The Morgan fingerprint density at radius 2 is 2.14 bits per heavy atom. The first-order valence-electron chi connectivity index (χ1n) is 5.71. The first-order chi connectivity index (χ1) is 9.77. The Balaban J connectivity index is 2.19. The van der Waals surface area contributed by atoms with E-state index in [0.717, 1.165) is 12.1 Å². The number of aryl methyl sites for hydroxylation is 1. The Morgan fingerprint density at radius 3 is 2.71 bits per heavy atom. The van der Waals surface area contributed by atoms with Crippen LogP contribution in [0.3, 0.4) is 0 Å². The van der Waals surface area contributed by atoms with E-state index in [1.54, 1.807) is 6.92 Å². The van der Waals surface area contributed by atoms with E-state index in [0.29, 0.717) is 5.89 Å². The number of amides is 1. The van der Waals surface area contributed by atoms with Gasteiger partial charge in [0.25, 0.3) is 5.91 Å². The molecule has 0 aliphatic heterocycles. The number of halogens is 4. The highest BCUT2D eigenvalue weighted by Gasteiger charge is 2.35. The van der Waals surface area contributed by atoms with Gasteiger partial charge >= 0.3 is 6.18 Å². The molecule has 1 N–H and O–H groups in total. The zero-order valence-electron chi connectivity index (χ0n) is 10.7. The number of hydrogen-bond acceptors (Lipinski definition) is 4. The van der Waals surface area contributed by atoms with Crippen molar-refractivity contribution in [1.29, 1.82) is 0 Å². The van der Waals surface area contributed by atoms with E-state index < -0.39 is 23.2 Å². The van der Waals surface area contributed by atoms with Gasteiger partial charge in [0.2, 0.25) is 5.89 Å². The predicted molar refractivity (Wildman–Crippen MR) is 69.3 cm³/mol. The molecule has 0 aliphatic rings. The van der Waals surface area contributed by atoms with E-state index in [1.165, 1.54) is 6.07 Å². The van der Waals surface area contributed by atoms with Crippen molar-refractivity contribution in [3.05, 3.63) is 45.5 Å². The van der Waals surface area contributed by atoms with Gasteiger partial charge in [-0.1, -0.05) is 21.1 Å². The van der Waals surface area contributed by atoms with Gasteiger partial charge in [-0.2, -0.15) is 18.2 Å².